The Kier molecular flexibility index (Phi) is 5.05. The van der Waals surface area contributed by atoms with Gasteiger partial charge in [-0.15, -0.1) is 0 Å². The number of nitrogens with zero attached hydrogens (tertiary/aromatic N) is 2. The van der Waals surface area contributed by atoms with E-state index < -0.39 is 6.23 Å². The number of hydrogen-bond donors (Lipinski definition) is 0. The van der Waals surface area contributed by atoms with Crippen LogP contribution in [0.5, 0.6) is 0 Å². The van der Waals surface area contributed by atoms with Crippen molar-refractivity contribution in [3.05, 3.63) is 47.9 Å². The summed E-state index contributed by atoms with van der Waals surface area (Å²) >= 11 is 0. The minimum atomic E-state index is -0.565. The van der Waals surface area contributed by atoms with E-state index in [1.54, 1.807) is 24.3 Å². The van der Waals surface area contributed by atoms with Crippen molar-refractivity contribution in [2.24, 2.45) is 4.99 Å². The van der Waals surface area contributed by atoms with Gasteiger partial charge < -0.3 is 9.47 Å². The molecule has 0 saturated carbocycles. The van der Waals surface area contributed by atoms with Crippen molar-refractivity contribution in [1.82, 2.24) is 4.90 Å². The standard InChI is InChI=1S/C15H17FN2O3/c1-11(9-20-2)18(14-7-8-17-10-21-14)15(19)12-3-5-13(16)6-4-12/h3-8,10-11,14H,9H2,1-2H3/t11-,14?/m0/s1. The molecule has 0 spiro atoms. The van der Waals surface area contributed by atoms with E-state index in [4.69, 9.17) is 9.47 Å². The summed E-state index contributed by atoms with van der Waals surface area (Å²) in [7, 11) is 1.57. The van der Waals surface area contributed by atoms with Gasteiger partial charge in [0.25, 0.3) is 5.91 Å². The molecule has 1 amide bonds. The first-order valence-electron chi connectivity index (χ1n) is 6.54. The molecule has 1 unspecified atom stereocenters. The third kappa shape index (κ3) is 3.66. The highest BCUT2D eigenvalue weighted by molar-refractivity contribution is 5.94. The second kappa shape index (κ2) is 6.99. The zero-order valence-corrected chi connectivity index (χ0v) is 11.9. The smallest absolute Gasteiger partial charge is 0.257 e. The van der Waals surface area contributed by atoms with E-state index in [-0.39, 0.29) is 17.8 Å². The molecule has 0 radical (unpaired) electrons. The molecule has 0 aromatic heterocycles. The first-order chi connectivity index (χ1) is 10.1. The van der Waals surface area contributed by atoms with E-state index in [1.165, 1.54) is 30.7 Å². The Morgan fingerprint density at radius 3 is 2.76 bits per heavy atom. The van der Waals surface area contributed by atoms with Crippen molar-refractivity contribution < 1.29 is 18.7 Å². The van der Waals surface area contributed by atoms with Crippen LogP contribution in [-0.4, -0.2) is 43.2 Å². The van der Waals surface area contributed by atoms with Crippen molar-refractivity contribution >= 4 is 12.3 Å². The largest absolute Gasteiger partial charge is 0.456 e. The molecule has 21 heavy (non-hydrogen) atoms. The first-order valence-corrected chi connectivity index (χ1v) is 6.54. The van der Waals surface area contributed by atoms with Crippen LogP contribution in [0.1, 0.15) is 17.3 Å². The fraction of sp³-hybridized carbons (Fsp3) is 0.333. The van der Waals surface area contributed by atoms with Gasteiger partial charge in [0.15, 0.2) is 12.6 Å². The molecular formula is C15H17FN2O3. The highest BCUT2D eigenvalue weighted by Gasteiger charge is 2.29. The maximum atomic E-state index is 13.0. The molecule has 0 aliphatic carbocycles. The van der Waals surface area contributed by atoms with Crippen LogP contribution in [0.3, 0.4) is 0 Å². The summed E-state index contributed by atoms with van der Waals surface area (Å²) in [6.45, 7) is 2.21. The molecule has 112 valence electrons. The van der Waals surface area contributed by atoms with E-state index in [0.29, 0.717) is 12.2 Å². The zero-order valence-electron chi connectivity index (χ0n) is 11.9. The highest BCUT2D eigenvalue weighted by Crippen LogP contribution is 2.16. The number of methoxy groups -OCH3 is 1. The molecule has 1 aliphatic rings. The summed E-state index contributed by atoms with van der Waals surface area (Å²) in [5.74, 6) is -0.645. The van der Waals surface area contributed by atoms with E-state index in [1.807, 2.05) is 6.92 Å². The van der Waals surface area contributed by atoms with Crippen LogP contribution in [0.2, 0.25) is 0 Å². The normalized spacial score (nSPS) is 18.1. The van der Waals surface area contributed by atoms with Gasteiger partial charge in [0, 0.05) is 18.9 Å². The lowest BCUT2D eigenvalue weighted by Crippen LogP contribution is -2.48. The summed E-state index contributed by atoms with van der Waals surface area (Å²) in [6.07, 6.45) is 3.96. The molecule has 2 atom stereocenters. The Hall–Kier alpha value is -2.21. The van der Waals surface area contributed by atoms with Gasteiger partial charge in [-0.1, -0.05) is 0 Å². The topological polar surface area (TPSA) is 51.1 Å². The number of halogens is 1. The van der Waals surface area contributed by atoms with Gasteiger partial charge in [-0.2, -0.15) is 0 Å². The van der Waals surface area contributed by atoms with Gasteiger partial charge in [0.05, 0.1) is 12.6 Å². The first kappa shape index (κ1) is 15.2. The van der Waals surface area contributed by atoms with Crippen molar-refractivity contribution in [2.45, 2.75) is 19.2 Å². The maximum absolute atomic E-state index is 13.0. The zero-order chi connectivity index (χ0) is 15.2. The lowest BCUT2D eigenvalue weighted by atomic mass is 10.1. The summed E-state index contributed by atoms with van der Waals surface area (Å²) in [4.78, 5) is 18.0. The van der Waals surface area contributed by atoms with E-state index in [0.717, 1.165) is 0 Å². The fourth-order valence-electron chi connectivity index (χ4n) is 2.09. The Balaban J connectivity index is 2.25. The molecule has 0 bridgehead atoms. The lowest BCUT2D eigenvalue weighted by Gasteiger charge is -2.34. The SMILES string of the molecule is COC[C@H](C)N(C(=O)c1ccc(F)cc1)C1C=CN=CO1. The van der Waals surface area contributed by atoms with Crippen LogP contribution in [-0.2, 0) is 9.47 Å². The third-order valence-corrected chi connectivity index (χ3v) is 3.08. The monoisotopic (exact) mass is 292 g/mol. The summed E-state index contributed by atoms with van der Waals surface area (Å²) < 4.78 is 23.5. The van der Waals surface area contributed by atoms with Gasteiger partial charge >= 0.3 is 0 Å². The number of aliphatic imine (C=N–C) groups is 1. The molecule has 0 fully saturated rings. The van der Waals surface area contributed by atoms with Crippen LogP contribution in [0.15, 0.2) is 41.5 Å². The van der Waals surface area contributed by atoms with Crippen LogP contribution >= 0.6 is 0 Å². The Morgan fingerprint density at radius 2 is 2.19 bits per heavy atom. The molecule has 2 rings (SSSR count). The van der Waals surface area contributed by atoms with Gasteiger partial charge in [0.2, 0.25) is 0 Å². The molecule has 1 aromatic carbocycles. The molecule has 1 aliphatic heterocycles. The number of ether oxygens (including phenoxy) is 2. The minimum absolute atomic E-state index is 0.214. The van der Waals surface area contributed by atoms with Crippen LogP contribution in [0, 0.1) is 5.82 Å². The lowest BCUT2D eigenvalue weighted by molar-refractivity contribution is 0.00488. The van der Waals surface area contributed by atoms with E-state index in [9.17, 15) is 9.18 Å². The highest BCUT2D eigenvalue weighted by atomic mass is 19.1. The number of amides is 1. The number of carbonyl (C=O) groups excluding carboxylic acids is 1. The summed E-state index contributed by atoms with van der Waals surface area (Å²) in [5, 5.41) is 0. The van der Waals surface area contributed by atoms with Gasteiger partial charge in [-0.3, -0.25) is 9.69 Å². The van der Waals surface area contributed by atoms with Crippen molar-refractivity contribution in [1.29, 1.82) is 0 Å². The number of hydrogen-bond acceptors (Lipinski definition) is 4. The Bertz CT molecular complexity index is 542. The van der Waals surface area contributed by atoms with Crippen LogP contribution in [0.25, 0.3) is 0 Å². The fourth-order valence-corrected chi connectivity index (χ4v) is 2.09. The number of rotatable bonds is 5. The predicted molar refractivity (Wildman–Crippen MR) is 76.4 cm³/mol. The van der Waals surface area contributed by atoms with Gasteiger partial charge in [-0.05, 0) is 37.3 Å². The summed E-state index contributed by atoms with van der Waals surface area (Å²) in [5.41, 5.74) is 0.388. The molecule has 1 heterocycles. The maximum Gasteiger partial charge on any atom is 0.257 e. The minimum Gasteiger partial charge on any atom is -0.456 e. The van der Waals surface area contributed by atoms with Crippen molar-refractivity contribution in [3.63, 3.8) is 0 Å². The average molecular weight is 292 g/mol. The molecule has 0 N–H and O–H groups in total. The van der Waals surface area contributed by atoms with E-state index >= 15 is 0 Å². The molecule has 0 saturated heterocycles. The van der Waals surface area contributed by atoms with E-state index in [2.05, 4.69) is 4.99 Å². The predicted octanol–water partition coefficient (Wildman–Crippen LogP) is 2.20. The van der Waals surface area contributed by atoms with Crippen molar-refractivity contribution in [3.8, 4) is 0 Å². The number of benzene rings is 1. The van der Waals surface area contributed by atoms with Gasteiger partial charge in [0.1, 0.15) is 5.82 Å². The average Bonchev–Trinajstić information content (AvgIpc) is 2.49. The van der Waals surface area contributed by atoms with Gasteiger partial charge in [-0.25, -0.2) is 9.38 Å². The van der Waals surface area contributed by atoms with Crippen molar-refractivity contribution in [2.75, 3.05) is 13.7 Å². The summed E-state index contributed by atoms with van der Waals surface area (Å²) in [6, 6.07) is 5.20. The molecule has 6 heteroatoms. The van der Waals surface area contributed by atoms with Crippen LogP contribution in [0.4, 0.5) is 4.39 Å². The quantitative estimate of drug-likeness (QED) is 0.836. The molecule has 5 nitrogen and oxygen atoms in total. The second-order valence-electron chi connectivity index (χ2n) is 4.65. The Labute approximate surface area is 122 Å². The number of carbonyl (C=O) groups is 1. The third-order valence-electron chi connectivity index (χ3n) is 3.08. The van der Waals surface area contributed by atoms with Crippen LogP contribution < -0.4 is 0 Å². The second-order valence-corrected chi connectivity index (χ2v) is 4.65. The Morgan fingerprint density at radius 1 is 1.48 bits per heavy atom. The molecule has 1 aromatic rings. The molecular weight excluding hydrogens is 275 g/mol.